The summed E-state index contributed by atoms with van der Waals surface area (Å²) >= 11 is 0. The summed E-state index contributed by atoms with van der Waals surface area (Å²) < 4.78 is 13.2. The maximum absolute atomic E-state index is 13.2. The van der Waals surface area contributed by atoms with E-state index in [1.54, 1.807) is 6.07 Å². The molecule has 1 heterocycles. The van der Waals surface area contributed by atoms with Gasteiger partial charge in [-0.25, -0.2) is 9.49 Å². The first-order valence-corrected chi connectivity index (χ1v) is 6.37. The van der Waals surface area contributed by atoms with Crippen molar-refractivity contribution in [1.82, 2.24) is 15.4 Å². The number of halogens is 1. The van der Waals surface area contributed by atoms with E-state index in [1.807, 2.05) is 37.3 Å². The predicted octanol–water partition coefficient (Wildman–Crippen LogP) is 3.46. The van der Waals surface area contributed by atoms with Crippen LogP contribution in [0, 0.1) is 24.1 Å². The van der Waals surface area contributed by atoms with Crippen molar-refractivity contribution < 1.29 is 4.39 Å². The number of benzene rings is 2. The topological polar surface area (TPSA) is 65.4 Å². The zero-order valence-electron chi connectivity index (χ0n) is 11.3. The number of H-pyrrole nitrogens is 1. The minimum Gasteiger partial charge on any atom is -0.247 e. The molecule has 3 rings (SSSR count). The van der Waals surface area contributed by atoms with Crippen molar-refractivity contribution in [2.45, 2.75) is 6.92 Å². The molecule has 5 heteroatoms. The number of aryl methyl sites for hydroxylation is 1. The summed E-state index contributed by atoms with van der Waals surface area (Å²) in [6.07, 6.45) is 0. The summed E-state index contributed by atoms with van der Waals surface area (Å²) in [5.41, 5.74) is 4.37. The van der Waals surface area contributed by atoms with Crippen molar-refractivity contribution in [3.8, 4) is 28.5 Å². The monoisotopic (exact) mass is 278 g/mol. The second-order valence-corrected chi connectivity index (χ2v) is 4.69. The van der Waals surface area contributed by atoms with Gasteiger partial charge in [0.1, 0.15) is 17.6 Å². The van der Waals surface area contributed by atoms with Crippen molar-refractivity contribution in [1.29, 1.82) is 5.26 Å². The van der Waals surface area contributed by atoms with Crippen LogP contribution in [0.25, 0.3) is 22.4 Å². The summed E-state index contributed by atoms with van der Waals surface area (Å²) in [4.78, 5) is 0. The molecular formula is C16H11FN4. The van der Waals surface area contributed by atoms with Crippen LogP contribution in [-0.4, -0.2) is 15.4 Å². The van der Waals surface area contributed by atoms with Crippen molar-refractivity contribution >= 4 is 0 Å². The van der Waals surface area contributed by atoms with Gasteiger partial charge in [0, 0.05) is 5.56 Å². The molecule has 0 spiro atoms. The molecule has 21 heavy (non-hydrogen) atoms. The van der Waals surface area contributed by atoms with Crippen molar-refractivity contribution in [3.05, 3.63) is 59.5 Å². The molecule has 0 saturated carbocycles. The van der Waals surface area contributed by atoms with Gasteiger partial charge < -0.3 is 0 Å². The zero-order valence-corrected chi connectivity index (χ0v) is 11.3. The number of hydrogen-bond acceptors (Lipinski definition) is 3. The Kier molecular flexibility index (Phi) is 3.20. The zero-order chi connectivity index (χ0) is 14.8. The Bertz CT molecular complexity index is 845. The normalized spacial score (nSPS) is 10.3. The van der Waals surface area contributed by atoms with E-state index in [-0.39, 0.29) is 5.82 Å². The Morgan fingerprint density at radius 3 is 2.71 bits per heavy atom. The Morgan fingerprint density at radius 1 is 1.14 bits per heavy atom. The third-order valence-corrected chi connectivity index (χ3v) is 3.30. The average Bonchev–Trinajstić information content (AvgIpc) is 2.96. The van der Waals surface area contributed by atoms with Crippen LogP contribution in [0.1, 0.15) is 11.3 Å². The first kappa shape index (κ1) is 13.0. The Morgan fingerprint density at radius 2 is 1.95 bits per heavy atom. The molecule has 0 unspecified atom stereocenters. The summed E-state index contributed by atoms with van der Waals surface area (Å²) in [6, 6.07) is 14.3. The number of rotatable bonds is 2. The molecule has 0 aliphatic heterocycles. The molecule has 3 aromatic rings. The van der Waals surface area contributed by atoms with Crippen molar-refractivity contribution in [3.63, 3.8) is 0 Å². The molecule has 0 aliphatic carbocycles. The largest absolute Gasteiger partial charge is 0.247 e. The van der Waals surface area contributed by atoms with Gasteiger partial charge in [0.25, 0.3) is 0 Å². The molecule has 0 bridgehead atoms. The van der Waals surface area contributed by atoms with Crippen LogP contribution in [-0.2, 0) is 0 Å². The van der Waals surface area contributed by atoms with Gasteiger partial charge >= 0.3 is 0 Å². The second kappa shape index (κ2) is 5.17. The number of aromatic amines is 1. The predicted molar refractivity (Wildman–Crippen MR) is 76.7 cm³/mol. The first-order valence-electron chi connectivity index (χ1n) is 6.37. The number of nitrogens with one attached hydrogen (secondary N) is 1. The molecule has 102 valence electrons. The lowest BCUT2D eigenvalue weighted by molar-refractivity contribution is 0.627. The molecule has 0 radical (unpaired) electrons. The maximum atomic E-state index is 13.2. The lowest BCUT2D eigenvalue weighted by atomic mass is 9.97. The summed E-state index contributed by atoms with van der Waals surface area (Å²) in [5, 5.41) is 19.2. The SMILES string of the molecule is Cc1cc(F)ccc1-c1cccc(-c2nn[nH]c2C#N)c1. The van der Waals surface area contributed by atoms with Gasteiger partial charge in [0.15, 0.2) is 5.69 Å². The Balaban J connectivity index is 2.11. The van der Waals surface area contributed by atoms with Gasteiger partial charge in [-0.15, -0.1) is 5.10 Å². The number of nitriles is 1. The van der Waals surface area contributed by atoms with Crippen LogP contribution in [0.15, 0.2) is 42.5 Å². The fourth-order valence-electron chi connectivity index (χ4n) is 2.29. The molecule has 0 saturated heterocycles. The van der Waals surface area contributed by atoms with E-state index in [9.17, 15) is 4.39 Å². The fraction of sp³-hybridized carbons (Fsp3) is 0.0625. The van der Waals surface area contributed by atoms with Gasteiger partial charge in [-0.05, 0) is 41.8 Å². The maximum Gasteiger partial charge on any atom is 0.163 e. The summed E-state index contributed by atoms with van der Waals surface area (Å²) in [5.74, 6) is -0.254. The van der Waals surface area contributed by atoms with Crippen LogP contribution in [0.3, 0.4) is 0 Å². The summed E-state index contributed by atoms with van der Waals surface area (Å²) in [6.45, 7) is 1.86. The summed E-state index contributed by atoms with van der Waals surface area (Å²) in [7, 11) is 0. The van der Waals surface area contributed by atoms with Crippen LogP contribution in [0.4, 0.5) is 4.39 Å². The molecule has 1 aromatic heterocycles. The van der Waals surface area contributed by atoms with E-state index < -0.39 is 0 Å². The van der Waals surface area contributed by atoms with Crippen LogP contribution in [0.2, 0.25) is 0 Å². The highest BCUT2D eigenvalue weighted by atomic mass is 19.1. The molecule has 0 aliphatic rings. The molecule has 0 atom stereocenters. The van der Waals surface area contributed by atoms with E-state index in [0.717, 1.165) is 22.3 Å². The lowest BCUT2D eigenvalue weighted by Gasteiger charge is -2.07. The highest BCUT2D eigenvalue weighted by Crippen LogP contribution is 2.28. The van der Waals surface area contributed by atoms with Gasteiger partial charge in [-0.3, -0.25) is 0 Å². The molecule has 0 fully saturated rings. The fourth-order valence-corrected chi connectivity index (χ4v) is 2.29. The van der Waals surface area contributed by atoms with E-state index in [4.69, 9.17) is 5.26 Å². The highest BCUT2D eigenvalue weighted by molar-refractivity contribution is 5.74. The van der Waals surface area contributed by atoms with Gasteiger partial charge in [0.2, 0.25) is 0 Å². The minimum atomic E-state index is -0.254. The van der Waals surface area contributed by atoms with Crippen molar-refractivity contribution in [2.75, 3.05) is 0 Å². The smallest absolute Gasteiger partial charge is 0.163 e. The molecule has 0 amide bonds. The average molecular weight is 278 g/mol. The van der Waals surface area contributed by atoms with E-state index in [0.29, 0.717) is 11.4 Å². The minimum absolute atomic E-state index is 0.254. The third kappa shape index (κ3) is 2.39. The molecule has 1 N–H and O–H groups in total. The second-order valence-electron chi connectivity index (χ2n) is 4.69. The van der Waals surface area contributed by atoms with Gasteiger partial charge in [-0.2, -0.15) is 5.26 Å². The van der Waals surface area contributed by atoms with Crippen LogP contribution < -0.4 is 0 Å². The molecular weight excluding hydrogens is 267 g/mol. The molecule has 2 aromatic carbocycles. The number of nitrogens with zero attached hydrogens (tertiary/aromatic N) is 3. The Hall–Kier alpha value is -3.00. The van der Waals surface area contributed by atoms with E-state index in [1.165, 1.54) is 12.1 Å². The quantitative estimate of drug-likeness (QED) is 0.780. The number of aromatic nitrogens is 3. The Labute approximate surface area is 120 Å². The van der Waals surface area contributed by atoms with Crippen LogP contribution >= 0.6 is 0 Å². The van der Waals surface area contributed by atoms with Gasteiger partial charge in [0.05, 0.1) is 0 Å². The molecule has 4 nitrogen and oxygen atoms in total. The lowest BCUT2D eigenvalue weighted by Crippen LogP contribution is -1.87. The highest BCUT2D eigenvalue weighted by Gasteiger charge is 2.11. The third-order valence-electron chi connectivity index (χ3n) is 3.30. The van der Waals surface area contributed by atoms with Gasteiger partial charge in [-0.1, -0.05) is 29.5 Å². The van der Waals surface area contributed by atoms with Crippen molar-refractivity contribution in [2.24, 2.45) is 0 Å². The van der Waals surface area contributed by atoms with E-state index in [2.05, 4.69) is 15.4 Å². The van der Waals surface area contributed by atoms with Crippen LogP contribution in [0.5, 0.6) is 0 Å². The van der Waals surface area contributed by atoms with E-state index >= 15 is 0 Å². The standard InChI is InChI=1S/C16H11FN4/c1-10-7-13(17)5-6-14(10)11-3-2-4-12(8-11)16-15(9-18)19-21-20-16/h2-8H,1H3,(H,19,20,21). The first-order chi connectivity index (χ1) is 10.2. The number of hydrogen-bond donors (Lipinski definition) is 1.